The maximum absolute atomic E-state index is 9.26. The van der Waals surface area contributed by atoms with Gasteiger partial charge in [0.25, 0.3) is 0 Å². The number of rotatable bonds is 5. The average molecular weight is 228 g/mol. The zero-order valence-corrected chi connectivity index (χ0v) is 11.4. The van der Waals surface area contributed by atoms with Crippen LogP contribution in [0.15, 0.2) is 0 Å². The molecule has 1 saturated heterocycles. The molecule has 1 aliphatic heterocycles. The first-order valence-corrected chi connectivity index (χ1v) is 6.41. The zero-order valence-electron chi connectivity index (χ0n) is 11.4. The van der Waals surface area contributed by atoms with Crippen molar-refractivity contribution in [1.29, 1.82) is 0 Å². The molecule has 1 heterocycles. The molecule has 0 bridgehead atoms. The van der Waals surface area contributed by atoms with Gasteiger partial charge in [-0.2, -0.15) is 0 Å². The molecule has 0 aromatic carbocycles. The second-order valence-electron chi connectivity index (χ2n) is 6.29. The lowest BCUT2D eigenvalue weighted by atomic mass is 9.92. The molecule has 3 nitrogen and oxygen atoms in total. The van der Waals surface area contributed by atoms with Gasteiger partial charge >= 0.3 is 0 Å². The molecule has 0 radical (unpaired) electrons. The van der Waals surface area contributed by atoms with Gasteiger partial charge in [-0.3, -0.25) is 0 Å². The van der Waals surface area contributed by atoms with E-state index in [2.05, 4.69) is 37.7 Å². The first-order chi connectivity index (χ1) is 7.43. The molecule has 1 fully saturated rings. The Hall–Kier alpha value is -0.120. The van der Waals surface area contributed by atoms with Crippen molar-refractivity contribution in [3.8, 4) is 0 Å². The summed E-state index contributed by atoms with van der Waals surface area (Å²) in [5, 5.41) is 9.26. The number of hydrogen-bond donors (Lipinski definition) is 1. The Kier molecular flexibility index (Phi) is 5.22. The van der Waals surface area contributed by atoms with E-state index in [-0.39, 0.29) is 12.0 Å². The van der Waals surface area contributed by atoms with Gasteiger partial charge in [0, 0.05) is 31.7 Å². The lowest BCUT2D eigenvalue weighted by Gasteiger charge is -2.35. The normalized spacial score (nSPS) is 24.0. The van der Waals surface area contributed by atoms with Crippen molar-refractivity contribution >= 4 is 0 Å². The van der Waals surface area contributed by atoms with E-state index in [4.69, 9.17) is 0 Å². The molecule has 1 aliphatic rings. The number of nitrogens with zero attached hydrogens (tertiary/aromatic N) is 2. The smallest absolute Gasteiger partial charge is 0.0494 e. The molecule has 1 rings (SSSR count). The second-order valence-corrected chi connectivity index (χ2v) is 6.29. The Bertz CT molecular complexity index is 206. The van der Waals surface area contributed by atoms with Crippen molar-refractivity contribution in [2.24, 2.45) is 11.3 Å². The van der Waals surface area contributed by atoms with Crippen molar-refractivity contribution in [3.05, 3.63) is 0 Å². The van der Waals surface area contributed by atoms with E-state index in [0.29, 0.717) is 0 Å². The van der Waals surface area contributed by atoms with Crippen LogP contribution in [-0.4, -0.2) is 61.8 Å². The predicted molar refractivity (Wildman–Crippen MR) is 68.6 cm³/mol. The summed E-state index contributed by atoms with van der Waals surface area (Å²) in [5.41, 5.74) is 0.0231. The first-order valence-electron chi connectivity index (χ1n) is 6.41. The summed E-state index contributed by atoms with van der Waals surface area (Å²) in [6, 6.07) is 0. The van der Waals surface area contributed by atoms with Crippen molar-refractivity contribution in [2.75, 3.05) is 46.9 Å². The molecule has 0 aliphatic carbocycles. The van der Waals surface area contributed by atoms with E-state index in [1.165, 1.54) is 25.9 Å². The Morgan fingerprint density at radius 2 is 2.12 bits per heavy atom. The third-order valence-corrected chi connectivity index (χ3v) is 3.42. The van der Waals surface area contributed by atoms with Crippen LogP contribution in [0.1, 0.15) is 26.7 Å². The van der Waals surface area contributed by atoms with Crippen molar-refractivity contribution in [1.82, 2.24) is 9.80 Å². The van der Waals surface area contributed by atoms with Crippen LogP contribution in [0, 0.1) is 11.3 Å². The summed E-state index contributed by atoms with van der Waals surface area (Å²) in [5.74, 6) is 0.804. The van der Waals surface area contributed by atoms with Crippen LogP contribution in [-0.2, 0) is 0 Å². The first kappa shape index (κ1) is 13.9. The second kappa shape index (κ2) is 5.99. The number of hydrogen-bond acceptors (Lipinski definition) is 3. The minimum atomic E-state index is 0.0231. The fourth-order valence-electron chi connectivity index (χ4n) is 2.71. The van der Waals surface area contributed by atoms with Crippen LogP contribution in [0.2, 0.25) is 0 Å². The topological polar surface area (TPSA) is 26.7 Å². The fraction of sp³-hybridized carbons (Fsp3) is 1.00. The van der Waals surface area contributed by atoms with Gasteiger partial charge in [0.1, 0.15) is 0 Å². The van der Waals surface area contributed by atoms with Crippen molar-refractivity contribution in [3.63, 3.8) is 0 Å². The molecule has 3 heteroatoms. The van der Waals surface area contributed by atoms with Crippen LogP contribution in [0.5, 0.6) is 0 Å². The highest BCUT2D eigenvalue weighted by atomic mass is 16.3. The van der Waals surface area contributed by atoms with Crippen LogP contribution in [0.3, 0.4) is 0 Å². The van der Waals surface area contributed by atoms with Gasteiger partial charge in [-0.25, -0.2) is 0 Å². The van der Waals surface area contributed by atoms with Gasteiger partial charge in [-0.05, 0) is 39.4 Å². The van der Waals surface area contributed by atoms with E-state index in [1.807, 2.05) is 0 Å². The van der Waals surface area contributed by atoms with Gasteiger partial charge in [-0.1, -0.05) is 13.8 Å². The number of piperidine rings is 1. The standard InChI is InChI=1S/C13H28N2O/c1-13(2,11-16)10-15(4)9-12-6-5-7-14(3)8-12/h12,16H,5-11H2,1-4H3. The molecule has 0 aromatic rings. The van der Waals surface area contributed by atoms with Crippen LogP contribution in [0.25, 0.3) is 0 Å². The zero-order chi connectivity index (χ0) is 12.2. The number of aliphatic hydroxyl groups excluding tert-OH is 1. The van der Waals surface area contributed by atoms with Gasteiger partial charge in [0.05, 0.1) is 0 Å². The Balaban J connectivity index is 2.30. The summed E-state index contributed by atoms with van der Waals surface area (Å²) in [7, 11) is 4.38. The molecule has 1 unspecified atom stereocenters. The maximum atomic E-state index is 9.26. The Labute approximate surface area is 100 Å². The number of aliphatic hydroxyl groups is 1. The van der Waals surface area contributed by atoms with E-state index in [1.54, 1.807) is 0 Å². The summed E-state index contributed by atoms with van der Waals surface area (Å²) in [4.78, 5) is 4.80. The minimum absolute atomic E-state index is 0.0231. The summed E-state index contributed by atoms with van der Waals surface area (Å²) < 4.78 is 0. The van der Waals surface area contributed by atoms with Crippen LogP contribution < -0.4 is 0 Å². The highest BCUT2D eigenvalue weighted by Crippen LogP contribution is 2.19. The summed E-state index contributed by atoms with van der Waals surface area (Å²) >= 11 is 0. The third-order valence-electron chi connectivity index (χ3n) is 3.42. The van der Waals surface area contributed by atoms with Crippen LogP contribution >= 0.6 is 0 Å². The molecule has 1 N–H and O–H groups in total. The largest absolute Gasteiger partial charge is 0.396 e. The maximum Gasteiger partial charge on any atom is 0.0494 e. The Morgan fingerprint density at radius 3 is 2.69 bits per heavy atom. The van der Waals surface area contributed by atoms with E-state index < -0.39 is 0 Å². The van der Waals surface area contributed by atoms with Crippen molar-refractivity contribution < 1.29 is 5.11 Å². The molecular weight excluding hydrogens is 200 g/mol. The molecule has 0 aromatic heterocycles. The minimum Gasteiger partial charge on any atom is -0.396 e. The van der Waals surface area contributed by atoms with E-state index in [0.717, 1.165) is 19.0 Å². The van der Waals surface area contributed by atoms with Gasteiger partial charge in [0.15, 0.2) is 0 Å². The van der Waals surface area contributed by atoms with Crippen molar-refractivity contribution in [2.45, 2.75) is 26.7 Å². The van der Waals surface area contributed by atoms with Gasteiger partial charge in [0.2, 0.25) is 0 Å². The molecular formula is C13H28N2O. The molecule has 96 valence electrons. The lowest BCUT2D eigenvalue weighted by Crippen LogP contribution is -2.41. The monoisotopic (exact) mass is 228 g/mol. The quantitative estimate of drug-likeness (QED) is 0.768. The Morgan fingerprint density at radius 1 is 1.44 bits per heavy atom. The van der Waals surface area contributed by atoms with E-state index in [9.17, 15) is 5.11 Å². The molecule has 0 amide bonds. The van der Waals surface area contributed by atoms with E-state index >= 15 is 0 Å². The third kappa shape index (κ3) is 4.81. The summed E-state index contributed by atoms with van der Waals surface area (Å²) in [6.07, 6.45) is 2.69. The number of likely N-dealkylation sites (tertiary alicyclic amines) is 1. The predicted octanol–water partition coefficient (Wildman–Crippen LogP) is 1.28. The molecule has 1 atom stereocenters. The van der Waals surface area contributed by atoms with Gasteiger partial charge in [-0.15, -0.1) is 0 Å². The van der Waals surface area contributed by atoms with Crippen LogP contribution in [0.4, 0.5) is 0 Å². The highest BCUT2D eigenvalue weighted by molar-refractivity contribution is 4.76. The highest BCUT2D eigenvalue weighted by Gasteiger charge is 2.23. The fourth-order valence-corrected chi connectivity index (χ4v) is 2.71. The average Bonchev–Trinajstić information content (AvgIpc) is 2.16. The molecule has 16 heavy (non-hydrogen) atoms. The molecule has 0 spiro atoms. The SMILES string of the molecule is CN1CCCC(CN(C)CC(C)(C)CO)C1. The molecule has 0 saturated carbocycles. The lowest BCUT2D eigenvalue weighted by molar-refractivity contribution is 0.0951. The van der Waals surface area contributed by atoms with Gasteiger partial charge < -0.3 is 14.9 Å². The summed E-state index contributed by atoms with van der Waals surface area (Å²) in [6.45, 7) is 9.12.